The number of aliphatic hydroxyl groups excluding tert-OH is 3. The predicted molar refractivity (Wildman–Crippen MR) is 120 cm³/mol. The summed E-state index contributed by atoms with van der Waals surface area (Å²) >= 11 is 0. The van der Waals surface area contributed by atoms with Gasteiger partial charge < -0.3 is 36.4 Å². The number of para-hydroxylation sites is 1. The number of rotatable bonds is 6. The Kier molecular flexibility index (Phi) is 5.48. The number of pyridine rings is 1. The Bertz CT molecular complexity index is 1250. The standard InChI is InChI=1S/C21H22N8O4/c22-18-15-19(29(10-24-15)20-17(32)16(31)13(9-30)33-20)28-21(27-18)26-12-6-7-14(23-8-12)25-11-4-2-1-3-5-11/h1-8,10,13,16-17,20,30-32H,9H2,(H,23,25)(H3,22,26,27,28)/t13-,16?,17?,20-/m1/s1. The van der Waals surface area contributed by atoms with Gasteiger partial charge in [-0.25, -0.2) is 9.97 Å². The highest BCUT2D eigenvalue weighted by Gasteiger charge is 2.44. The van der Waals surface area contributed by atoms with E-state index in [0.29, 0.717) is 22.7 Å². The van der Waals surface area contributed by atoms with Crippen molar-refractivity contribution in [2.75, 3.05) is 23.0 Å². The van der Waals surface area contributed by atoms with Crippen molar-refractivity contribution in [2.24, 2.45) is 0 Å². The van der Waals surface area contributed by atoms with E-state index in [1.54, 1.807) is 12.3 Å². The third-order valence-electron chi connectivity index (χ3n) is 5.31. The highest BCUT2D eigenvalue weighted by molar-refractivity contribution is 5.83. The van der Waals surface area contributed by atoms with E-state index in [4.69, 9.17) is 10.5 Å². The van der Waals surface area contributed by atoms with E-state index in [1.807, 2.05) is 36.4 Å². The molecule has 1 aliphatic heterocycles. The smallest absolute Gasteiger partial charge is 0.231 e. The van der Waals surface area contributed by atoms with Crippen LogP contribution in [0.3, 0.4) is 0 Å². The van der Waals surface area contributed by atoms with Gasteiger partial charge in [0.15, 0.2) is 17.7 Å². The van der Waals surface area contributed by atoms with E-state index in [0.717, 1.165) is 5.69 Å². The van der Waals surface area contributed by atoms with E-state index in [2.05, 4.69) is 30.6 Å². The highest BCUT2D eigenvalue weighted by atomic mass is 16.6. The van der Waals surface area contributed by atoms with Crippen LogP contribution in [0.2, 0.25) is 0 Å². The molecule has 0 amide bonds. The van der Waals surface area contributed by atoms with E-state index in [9.17, 15) is 15.3 Å². The Morgan fingerprint density at radius 2 is 1.79 bits per heavy atom. The molecule has 0 bridgehead atoms. The molecule has 2 unspecified atom stereocenters. The average Bonchev–Trinajstić information content (AvgIpc) is 3.37. The van der Waals surface area contributed by atoms with E-state index in [1.165, 1.54) is 10.9 Å². The Morgan fingerprint density at radius 1 is 0.970 bits per heavy atom. The molecule has 0 radical (unpaired) electrons. The van der Waals surface area contributed by atoms with Crippen molar-refractivity contribution in [3.63, 3.8) is 0 Å². The van der Waals surface area contributed by atoms with Gasteiger partial charge in [-0.2, -0.15) is 9.97 Å². The van der Waals surface area contributed by atoms with E-state index >= 15 is 0 Å². The molecule has 33 heavy (non-hydrogen) atoms. The van der Waals surface area contributed by atoms with Crippen LogP contribution in [0.25, 0.3) is 11.2 Å². The number of hydrogen-bond acceptors (Lipinski definition) is 11. The first-order chi connectivity index (χ1) is 16.0. The second-order valence-corrected chi connectivity index (χ2v) is 7.53. The minimum Gasteiger partial charge on any atom is -0.394 e. The number of fused-ring (bicyclic) bond motifs is 1. The van der Waals surface area contributed by atoms with Gasteiger partial charge in [-0.05, 0) is 24.3 Å². The molecule has 12 nitrogen and oxygen atoms in total. The number of nitrogens with zero attached hydrogens (tertiary/aromatic N) is 5. The van der Waals surface area contributed by atoms with Crippen molar-refractivity contribution in [3.05, 3.63) is 55.0 Å². The molecule has 1 aromatic carbocycles. The molecular weight excluding hydrogens is 428 g/mol. The molecule has 4 aromatic rings. The second kappa shape index (κ2) is 8.60. The van der Waals surface area contributed by atoms with Gasteiger partial charge in [0.2, 0.25) is 5.95 Å². The first-order valence-electron chi connectivity index (χ1n) is 10.2. The molecule has 170 valence electrons. The van der Waals surface area contributed by atoms with Crippen molar-refractivity contribution in [1.82, 2.24) is 24.5 Å². The zero-order valence-corrected chi connectivity index (χ0v) is 17.3. The monoisotopic (exact) mass is 450 g/mol. The summed E-state index contributed by atoms with van der Waals surface area (Å²) in [6.45, 7) is -0.437. The molecule has 0 aliphatic carbocycles. The Labute approximate surface area is 187 Å². The Morgan fingerprint density at radius 3 is 2.48 bits per heavy atom. The van der Waals surface area contributed by atoms with Crippen molar-refractivity contribution < 1.29 is 20.1 Å². The van der Waals surface area contributed by atoms with Gasteiger partial charge in [-0.3, -0.25) is 4.57 Å². The zero-order valence-electron chi connectivity index (χ0n) is 17.3. The van der Waals surface area contributed by atoms with Gasteiger partial charge in [0.25, 0.3) is 0 Å². The van der Waals surface area contributed by atoms with Crippen molar-refractivity contribution >= 4 is 40.1 Å². The fourth-order valence-corrected chi connectivity index (χ4v) is 3.63. The van der Waals surface area contributed by atoms with Crippen LogP contribution in [0.5, 0.6) is 0 Å². The largest absolute Gasteiger partial charge is 0.394 e. The van der Waals surface area contributed by atoms with Crippen LogP contribution < -0.4 is 16.4 Å². The number of aliphatic hydroxyl groups is 3. The molecule has 0 spiro atoms. The number of ether oxygens (including phenoxy) is 1. The fourth-order valence-electron chi connectivity index (χ4n) is 3.63. The lowest BCUT2D eigenvalue weighted by Crippen LogP contribution is -2.33. The lowest BCUT2D eigenvalue weighted by atomic mass is 10.1. The van der Waals surface area contributed by atoms with Crippen LogP contribution in [0.4, 0.5) is 29.0 Å². The SMILES string of the molecule is Nc1nc(Nc2ccc(Nc3ccccc3)nc2)nc2c1ncn2[C@@H]1O[C@H](CO)C(O)C1O. The quantitative estimate of drug-likeness (QED) is 0.246. The fraction of sp³-hybridized carbons (Fsp3) is 0.238. The minimum absolute atomic E-state index is 0.128. The number of nitrogens with two attached hydrogens (primary N) is 1. The van der Waals surface area contributed by atoms with Gasteiger partial charge in [0.05, 0.1) is 24.8 Å². The van der Waals surface area contributed by atoms with Crippen LogP contribution >= 0.6 is 0 Å². The van der Waals surface area contributed by atoms with Crippen molar-refractivity contribution in [1.29, 1.82) is 0 Å². The molecule has 1 aliphatic rings. The molecule has 4 atom stereocenters. The Hall–Kier alpha value is -3.84. The highest BCUT2D eigenvalue weighted by Crippen LogP contribution is 2.32. The van der Waals surface area contributed by atoms with Crippen LogP contribution in [0.1, 0.15) is 6.23 Å². The molecule has 0 saturated carbocycles. The van der Waals surface area contributed by atoms with Gasteiger partial charge in [-0.15, -0.1) is 0 Å². The summed E-state index contributed by atoms with van der Waals surface area (Å²) in [5.74, 6) is 0.993. The summed E-state index contributed by atoms with van der Waals surface area (Å²) < 4.78 is 7.03. The normalized spacial score (nSPS) is 22.5. The first kappa shape index (κ1) is 21.0. The van der Waals surface area contributed by atoms with E-state index < -0.39 is 31.1 Å². The van der Waals surface area contributed by atoms with Crippen LogP contribution in [0.15, 0.2) is 55.0 Å². The molecule has 7 N–H and O–H groups in total. The molecule has 12 heteroatoms. The van der Waals surface area contributed by atoms with Crippen LogP contribution in [-0.4, -0.2) is 64.7 Å². The summed E-state index contributed by atoms with van der Waals surface area (Å²) in [5, 5.41) is 36.0. The molecule has 1 fully saturated rings. The zero-order chi connectivity index (χ0) is 22.9. The molecule has 5 rings (SSSR count). The topological polar surface area (TPSA) is 176 Å². The summed E-state index contributed by atoms with van der Waals surface area (Å²) in [7, 11) is 0. The third kappa shape index (κ3) is 4.03. The minimum atomic E-state index is -1.28. The van der Waals surface area contributed by atoms with Crippen LogP contribution in [-0.2, 0) is 4.74 Å². The van der Waals surface area contributed by atoms with E-state index in [-0.39, 0.29) is 11.8 Å². The number of nitrogen functional groups attached to an aromatic ring is 1. The van der Waals surface area contributed by atoms with Gasteiger partial charge >= 0.3 is 0 Å². The summed E-state index contributed by atoms with van der Waals surface area (Å²) in [6.07, 6.45) is -1.42. The number of hydrogen-bond donors (Lipinski definition) is 6. The van der Waals surface area contributed by atoms with Crippen molar-refractivity contribution in [2.45, 2.75) is 24.5 Å². The number of benzene rings is 1. The second-order valence-electron chi connectivity index (χ2n) is 7.53. The number of nitrogens with one attached hydrogen (secondary N) is 2. The number of anilines is 5. The van der Waals surface area contributed by atoms with Gasteiger partial charge in [-0.1, -0.05) is 18.2 Å². The molecular formula is C21H22N8O4. The maximum absolute atomic E-state index is 10.4. The van der Waals surface area contributed by atoms with Crippen molar-refractivity contribution in [3.8, 4) is 0 Å². The van der Waals surface area contributed by atoms with Gasteiger partial charge in [0, 0.05) is 5.69 Å². The molecule has 3 aromatic heterocycles. The number of imidazole rings is 1. The third-order valence-corrected chi connectivity index (χ3v) is 5.31. The average molecular weight is 450 g/mol. The summed E-state index contributed by atoms with van der Waals surface area (Å²) in [4.78, 5) is 17.3. The lowest BCUT2D eigenvalue weighted by Gasteiger charge is -2.17. The predicted octanol–water partition coefficient (Wildman–Crippen LogP) is 0.902. The van der Waals surface area contributed by atoms with Crippen LogP contribution in [0, 0.1) is 0 Å². The summed E-state index contributed by atoms with van der Waals surface area (Å²) in [5.41, 5.74) is 8.23. The molecule has 4 heterocycles. The summed E-state index contributed by atoms with van der Waals surface area (Å²) in [6, 6.07) is 13.3. The maximum Gasteiger partial charge on any atom is 0.231 e. The Balaban J connectivity index is 1.38. The first-order valence-corrected chi connectivity index (χ1v) is 10.2. The molecule has 1 saturated heterocycles. The van der Waals surface area contributed by atoms with Gasteiger partial charge in [0.1, 0.15) is 29.6 Å². The maximum atomic E-state index is 10.4. The number of aromatic nitrogens is 5. The lowest BCUT2D eigenvalue weighted by molar-refractivity contribution is -0.0511.